The zero-order valence-corrected chi connectivity index (χ0v) is 16.3. The van der Waals surface area contributed by atoms with Gasteiger partial charge in [0.05, 0.1) is 11.0 Å². The molecular formula is C19H19N5O4S. The van der Waals surface area contributed by atoms with E-state index in [1.54, 1.807) is 4.57 Å². The second-order valence-corrected chi connectivity index (χ2v) is 6.86. The maximum absolute atomic E-state index is 12.4. The molecule has 0 unspecified atom stereocenters. The normalized spacial score (nSPS) is 11.8. The van der Waals surface area contributed by atoms with Crippen LogP contribution in [0.2, 0.25) is 0 Å². The third-order valence-electron chi connectivity index (χ3n) is 4.32. The van der Waals surface area contributed by atoms with E-state index in [1.807, 2.05) is 31.2 Å². The van der Waals surface area contributed by atoms with Gasteiger partial charge in [-0.05, 0) is 42.9 Å². The van der Waals surface area contributed by atoms with Gasteiger partial charge in [-0.1, -0.05) is 23.8 Å². The van der Waals surface area contributed by atoms with Crippen molar-refractivity contribution in [1.82, 2.24) is 20.1 Å². The van der Waals surface area contributed by atoms with Gasteiger partial charge in [-0.15, -0.1) is 0 Å². The van der Waals surface area contributed by atoms with E-state index in [-0.39, 0.29) is 24.7 Å². The summed E-state index contributed by atoms with van der Waals surface area (Å²) in [5, 5.41) is 30.5. The molecule has 0 aliphatic rings. The first-order valence-electron chi connectivity index (χ1n) is 8.76. The highest BCUT2D eigenvalue weighted by Crippen LogP contribution is 2.19. The number of non-ortho nitro benzene ring substituents is 1. The number of rotatable bonds is 7. The van der Waals surface area contributed by atoms with Crippen molar-refractivity contribution in [3.8, 4) is 11.4 Å². The predicted octanol–water partition coefficient (Wildman–Crippen LogP) is 2.67. The van der Waals surface area contributed by atoms with Gasteiger partial charge in [-0.3, -0.25) is 24.6 Å². The van der Waals surface area contributed by atoms with Crippen LogP contribution in [-0.2, 0) is 11.3 Å². The van der Waals surface area contributed by atoms with E-state index in [0.717, 1.165) is 11.1 Å². The molecule has 9 nitrogen and oxygen atoms in total. The van der Waals surface area contributed by atoms with Gasteiger partial charge in [0.25, 0.3) is 5.69 Å². The number of benzene rings is 2. The average molecular weight is 413 g/mol. The van der Waals surface area contributed by atoms with Gasteiger partial charge in [0.2, 0.25) is 5.91 Å². The highest BCUT2D eigenvalue weighted by Gasteiger charge is 2.15. The molecule has 0 saturated heterocycles. The molecule has 3 aromatic rings. The highest BCUT2D eigenvalue weighted by molar-refractivity contribution is 7.71. The van der Waals surface area contributed by atoms with Gasteiger partial charge in [-0.2, -0.15) is 5.10 Å². The molecule has 0 bridgehead atoms. The SMILES string of the molecule is Cc1cccc(-c2n[nH]c(=S)n2CC(=O)NC[C@H](O)c2ccc([N+](=O)[O-])cc2)c1. The van der Waals surface area contributed by atoms with E-state index in [9.17, 15) is 20.0 Å². The van der Waals surface area contributed by atoms with Crippen molar-refractivity contribution in [3.63, 3.8) is 0 Å². The number of aryl methyl sites for hydroxylation is 1. The molecule has 0 aliphatic heterocycles. The van der Waals surface area contributed by atoms with Crippen LogP contribution in [0.4, 0.5) is 5.69 Å². The molecule has 2 aromatic carbocycles. The lowest BCUT2D eigenvalue weighted by Gasteiger charge is -2.13. The number of hydrogen-bond acceptors (Lipinski definition) is 6. The summed E-state index contributed by atoms with van der Waals surface area (Å²) in [7, 11) is 0. The van der Waals surface area contributed by atoms with Crippen molar-refractivity contribution in [3.05, 3.63) is 74.5 Å². The molecule has 10 heteroatoms. The van der Waals surface area contributed by atoms with Crippen molar-refractivity contribution < 1.29 is 14.8 Å². The topological polar surface area (TPSA) is 126 Å². The Morgan fingerprint density at radius 3 is 2.72 bits per heavy atom. The van der Waals surface area contributed by atoms with E-state index in [0.29, 0.717) is 16.2 Å². The number of hydrogen-bond donors (Lipinski definition) is 3. The lowest BCUT2D eigenvalue weighted by Crippen LogP contribution is -2.31. The number of nitrogens with one attached hydrogen (secondary N) is 2. The van der Waals surface area contributed by atoms with Crippen molar-refractivity contribution >= 4 is 23.8 Å². The Hall–Kier alpha value is -3.37. The number of amides is 1. The number of nitrogens with zero attached hydrogens (tertiary/aromatic N) is 3. The first-order chi connectivity index (χ1) is 13.8. The van der Waals surface area contributed by atoms with Crippen molar-refractivity contribution in [1.29, 1.82) is 0 Å². The highest BCUT2D eigenvalue weighted by atomic mass is 32.1. The number of aromatic amines is 1. The maximum Gasteiger partial charge on any atom is 0.269 e. The first-order valence-corrected chi connectivity index (χ1v) is 9.17. The number of aromatic nitrogens is 3. The van der Waals surface area contributed by atoms with Gasteiger partial charge in [-0.25, -0.2) is 0 Å². The van der Waals surface area contributed by atoms with Crippen LogP contribution in [0.5, 0.6) is 0 Å². The fraction of sp³-hybridized carbons (Fsp3) is 0.211. The maximum atomic E-state index is 12.4. The summed E-state index contributed by atoms with van der Waals surface area (Å²) in [6.45, 7) is 1.86. The van der Waals surface area contributed by atoms with Gasteiger partial charge in [0, 0.05) is 24.2 Å². The number of aliphatic hydroxyl groups excluding tert-OH is 1. The van der Waals surface area contributed by atoms with E-state index in [1.165, 1.54) is 24.3 Å². The standard InChI is InChI=1S/C19H19N5O4S/c1-12-3-2-4-14(9-12)18-21-22-19(29)23(18)11-17(26)20-10-16(25)13-5-7-15(8-6-13)24(27)28/h2-9,16,25H,10-11H2,1H3,(H,20,26)(H,22,29)/t16-/m0/s1. The minimum absolute atomic E-state index is 0.0401. The molecule has 3 N–H and O–H groups in total. The third kappa shape index (κ3) is 4.92. The summed E-state index contributed by atoms with van der Waals surface area (Å²) < 4.78 is 1.89. The average Bonchev–Trinajstić information content (AvgIpc) is 3.06. The van der Waals surface area contributed by atoms with Crippen LogP contribution >= 0.6 is 12.2 Å². The monoisotopic (exact) mass is 413 g/mol. The number of aliphatic hydroxyl groups is 1. The van der Waals surface area contributed by atoms with E-state index in [4.69, 9.17) is 12.2 Å². The number of H-pyrrole nitrogens is 1. The van der Waals surface area contributed by atoms with Gasteiger partial charge < -0.3 is 10.4 Å². The zero-order chi connectivity index (χ0) is 21.0. The minimum Gasteiger partial charge on any atom is -0.387 e. The van der Waals surface area contributed by atoms with Crippen molar-refractivity contribution in [2.75, 3.05) is 6.54 Å². The quantitative estimate of drug-likeness (QED) is 0.311. The molecule has 0 fully saturated rings. The molecule has 0 radical (unpaired) electrons. The van der Waals surface area contributed by atoms with Gasteiger partial charge in [0.15, 0.2) is 10.6 Å². The Kier molecular flexibility index (Phi) is 6.15. The van der Waals surface area contributed by atoms with Crippen molar-refractivity contribution in [2.24, 2.45) is 0 Å². The number of carbonyl (C=O) groups is 1. The van der Waals surface area contributed by atoms with Crippen LogP contribution < -0.4 is 5.32 Å². The number of nitro groups is 1. The Morgan fingerprint density at radius 2 is 2.07 bits per heavy atom. The molecular weight excluding hydrogens is 394 g/mol. The third-order valence-corrected chi connectivity index (χ3v) is 4.63. The smallest absolute Gasteiger partial charge is 0.269 e. The molecule has 29 heavy (non-hydrogen) atoms. The Labute approximate surface area is 171 Å². The van der Waals surface area contributed by atoms with Crippen LogP contribution in [0, 0.1) is 21.8 Å². The lowest BCUT2D eigenvalue weighted by molar-refractivity contribution is -0.384. The molecule has 1 heterocycles. The summed E-state index contributed by atoms with van der Waals surface area (Å²) in [5.41, 5.74) is 2.29. The van der Waals surface area contributed by atoms with Gasteiger partial charge in [0.1, 0.15) is 6.54 Å². The van der Waals surface area contributed by atoms with Crippen molar-refractivity contribution in [2.45, 2.75) is 19.6 Å². The molecule has 1 amide bonds. The molecule has 1 atom stereocenters. The van der Waals surface area contributed by atoms with Crippen LogP contribution in [0.3, 0.4) is 0 Å². The van der Waals surface area contributed by atoms with Crippen LogP contribution in [0.25, 0.3) is 11.4 Å². The Balaban J connectivity index is 1.65. The molecule has 150 valence electrons. The van der Waals surface area contributed by atoms with E-state index in [2.05, 4.69) is 15.5 Å². The predicted molar refractivity (Wildman–Crippen MR) is 109 cm³/mol. The van der Waals surface area contributed by atoms with Crippen LogP contribution in [0.1, 0.15) is 17.2 Å². The van der Waals surface area contributed by atoms with Gasteiger partial charge >= 0.3 is 0 Å². The molecule has 0 saturated carbocycles. The summed E-state index contributed by atoms with van der Waals surface area (Å²) in [6, 6.07) is 13.2. The van der Waals surface area contributed by atoms with Crippen LogP contribution in [0.15, 0.2) is 48.5 Å². The van der Waals surface area contributed by atoms with E-state index < -0.39 is 11.0 Å². The molecule has 0 aliphatic carbocycles. The summed E-state index contributed by atoms with van der Waals surface area (Å²) in [4.78, 5) is 22.5. The Morgan fingerprint density at radius 1 is 1.34 bits per heavy atom. The number of nitro benzene ring substituents is 1. The largest absolute Gasteiger partial charge is 0.387 e. The van der Waals surface area contributed by atoms with Crippen LogP contribution in [-0.4, -0.2) is 37.2 Å². The fourth-order valence-electron chi connectivity index (χ4n) is 2.81. The summed E-state index contributed by atoms with van der Waals surface area (Å²) in [5.74, 6) is 0.196. The molecule has 0 spiro atoms. The summed E-state index contributed by atoms with van der Waals surface area (Å²) >= 11 is 5.23. The second-order valence-electron chi connectivity index (χ2n) is 6.48. The molecule has 3 rings (SSSR count). The minimum atomic E-state index is -0.992. The zero-order valence-electron chi connectivity index (χ0n) is 15.5. The summed E-state index contributed by atoms with van der Waals surface area (Å²) in [6.07, 6.45) is -0.992. The molecule has 1 aromatic heterocycles. The fourth-order valence-corrected chi connectivity index (χ4v) is 3.01. The Bertz CT molecular complexity index is 1090. The lowest BCUT2D eigenvalue weighted by atomic mass is 10.1. The second kappa shape index (κ2) is 8.76. The number of carbonyl (C=O) groups excluding carboxylic acids is 1. The first kappa shape index (κ1) is 20.4. The van der Waals surface area contributed by atoms with E-state index >= 15 is 0 Å².